The normalized spacial score (nSPS) is 11.7. The molecule has 0 bridgehead atoms. The number of hydrogen-bond acceptors (Lipinski definition) is 3. The van der Waals surface area contributed by atoms with Gasteiger partial charge in [-0.05, 0) is 0 Å². The SMILES string of the molecule is O=S(=O)(O)OCl. The summed E-state index contributed by atoms with van der Waals surface area (Å²) < 4.78 is 28.8. The Balaban J connectivity index is 3.85. The lowest BCUT2D eigenvalue weighted by molar-refractivity contribution is 0.400. The lowest BCUT2D eigenvalue weighted by Gasteiger charge is -1.77. The van der Waals surface area contributed by atoms with E-state index < -0.39 is 10.4 Å². The molecule has 0 unspecified atom stereocenters. The van der Waals surface area contributed by atoms with Gasteiger partial charge in [-0.1, -0.05) is 0 Å². The molecule has 0 aromatic rings. The summed E-state index contributed by atoms with van der Waals surface area (Å²) in [6.07, 6.45) is 0. The van der Waals surface area contributed by atoms with Crippen LogP contribution in [0.1, 0.15) is 0 Å². The molecule has 0 aromatic heterocycles. The Labute approximate surface area is 39.8 Å². The van der Waals surface area contributed by atoms with Crippen LogP contribution in [0.3, 0.4) is 0 Å². The molecule has 0 aliphatic carbocycles. The highest BCUT2D eigenvalue weighted by atomic mass is 35.5. The van der Waals surface area contributed by atoms with Crippen molar-refractivity contribution in [2.24, 2.45) is 0 Å². The van der Waals surface area contributed by atoms with Crippen molar-refractivity contribution >= 4 is 22.3 Å². The zero-order valence-electron chi connectivity index (χ0n) is 2.46. The summed E-state index contributed by atoms with van der Waals surface area (Å²) in [5, 5.41) is 0. The van der Waals surface area contributed by atoms with Gasteiger partial charge in [0.25, 0.3) is 0 Å². The largest absolute Gasteiger partial charge is 0.413 e. The van der Waals surface area contributed by atoms with Gasteiger partial charge in [0.05, 0.1) is 11.9 Å². The summed E-state index contributed by atoms with van der Waals surface area (Å²) in [7, 11) is -4.40. The molecule has 0 amide bonds. The molecule has 0 heterocycles. The number of hydrogen-bond donors (Lipinski definition) is 1. The van der Waals surface area contributed by atoms with E-state index in [4.69, 9.17) is 4.55 Å². The predicted molar refractivity (Wildman–Crippen MR) is 18.5 cm³/mol. The topological polar surface area (TPSA) is 63.6 Å². The molecular weight excluding hydrogens is 132 g/mol. The van der Waals surface area contributed by atoms with Crippen LogP contribution >= 0.6 is 11.9 Å². The predicted octanol–water partition coefficient (Wildman–Crippen LogP) is -0.0404. The highest BCUT2D eigenvalue weighted by Gasteiger charge is 1.97. The monoisotopic (exact) mass is 132 g/mol. The smallest absolute Gasteiger partial charge is 0.263 e. The van der Waals surface area contributed by atoms with Crippen LogP contribution in [0.15, 0.2) is 0 Å². The Morgan fingerprint density at radius 3 is 1.83 bits per heavy atom. The average Bonchev–Trinajstić information content (AvgIpc) is 1.35. The Bertz CT molecular complexity index is 110. The first kappa shape index (κ1) is 6.16. The van der Waals surface area contributed by atoms with Crippen LogP contribution in [0.25, 0.3) is 0 Å². The maximum absolute atomic E-state index is 9.20. The van der Waals surface area contributed by atoms with E-state index >= 15 is 0 Å². The first-order chi connectivity index (χ1) is 2.56. The Morgan fingerprint density at radius 2 is 1.83 bits per heavy atom. The van der Waals surface area contributed by atoms with Crippen LogP contribution in [-0.4, -0.2) is 13.0 Å². The van der Waals surface area contributed by atoms with E-state index in [2.05, 4.69) is 15.6 Å². The summed E-state index contributed by atoms with van der Waals surface area (Å²) in [5.74, 6) is 0. The van der Waals surface area contributed by atoms with Gasteiger partial charge in [-0.3, -0.25) is 4.55 Å². The lowest BCUT2D eigenvalue weighted by Crippen LogP contribution is -1.92. The van der Waals surface area contributed by atoms with Gasteiger partial charge in [0.1, 0.15) is 0 Å². The summed E-state index contributed by atoms with van der Waals surface area (Å²) in [4.78, 5) is 0. The van der Waals surface area contributed by atoms with Crippen molar-refractivity contribution in [2.45, 2.75) is 0 Å². The van der Waals surface area contributed by atoms with Gasteiger partial charge in [-0.2, -0.15) is 8.42 Å². The van der Waals surface area contributed by atoms with Crippen molar-refractivity contribution in [3.63, 3.8) is 0 Å². The molecule has 0 spiro atoms. The third kappa shape index (κ3) is 4.16. The van der Waals surface area contributed by atoms with Crippen LogP contribution in [0.4, 0.5) is 0 Å². The van der Waals surface area contributed by atoms with Crippen LogP contribution in [-0.2, 0) is 14.1 Å². The molecule has 0 saturated heterocycles. The Hall–Kier alpha value is 0.160. The third-order valence-electron chi connectivity index (χ3n) is 0.0796. The summed E-state index contributed by atoms with van der Waals surface area (Å²) in [6.45, 7) is 0. The molecular formula is HClO4S. The van der Waals surface area contributed by atoms with Gasteiger partial charge in [0.15, 0.2) is 0 Å². The minimum Gasteiger partial charge on any atom is -0.263 e. The maximum atomic E-state index is 9.20. The second-order valence-corrected chi connectivity index (χ2v) is 1.85. The quantitative estimate of drug-likeness (QED) is 0.509. The molecule has 0 radical (unpaired) electrons. The van der Waals surface area contributed by atoms with Crippen molar-refractivity contribution in [3.8, 4) is 0 Å². The molecule has 6 heavy (non-hydrogen) atoms. The van der Waals surface area contributed by atoms with E-state index in [0.717, 1.165) is 0 Å². The van der Waals surface area contributed by atoms with Gasteiger partial charge in [0, 0.05) is 0 Å². The fourth-order valence-electron chi connectivity index (χ4n) is 0. The Kier molecular flexibility index (Phi) is 1.79. The van der Waals surface area contributed by atoms with Crippen LogP contribution in [0.5, 0.6) is 0 Å². The molecule has 0 atom stereocenters. The van der Waals surface area contributed by atoms with Crippen molar-refractivity contribution < 1.29 is 16.7 Å². The van der Waals surface area contributed by atoms with Crippen molar-refractivity contribution in [3.05, 3.63) is 0 Å². The maximum Gasteiger partial charge on any atom is 0.413 e. The van der Waals surface area contributed by atoms with E-state index in [1.54, 1.807) is 0 Å². The van der Waals surface area contributed by atoms with Crippen LogP contribution < -0.4 is 0 Å². The average molecular weight is 133 g/mol. The molecule has 0 saturated carbocycles. The van der Waals surface area contributed by atoms with E-state index in [0.29, 0.717) is 0 Å². The third-order valence-corrected chi connectivity index (χ3v) is 0.716. The van der Waals surface area contributed by atoms with Gasteiger partial charge in [-0.15, -0.1) is 3.74 Å². The van der Waals surface area contributed by atoms with Crippen molar-refractivity contribution in [1.29, 1.82) is 0 Å². The zero-order valence-corrected chi connectivity index (χ0v) is 4.03. The van der Waals surface area contributed by atoms with Gasteiger partial charge >= 0.3 is 10.4 Å². The molecule has 38 valence electrons. The summed E-state index contributed by atoms with van der Waals surface area (Å²) in [5.41, 5.74) is 0. The van der Waals surface area contributed by atoms with Gasteiger partial charge < -0.3 is 0 Å². The number of halogens is 1. The molecule has 0 fully saturated rings. The fourth-order valence-corrected chi connectivity index (χ4v) is 0. The van der Waals surface area contributed by atoms with Crippen LogP contribution in [0.2, 0.25) is 0 Å². The Morgan fingerprint density at radius 1 is 1.67 bits per heavy atom. The highest BCUT2D eigenvalue weighted by Crippen LogP contribution is 1.86. The summed E-state index contributed by atoms with van der Waals surface area (Å²) in [6, 6.07) is 0. The minimum atomic E-state index is -4.40. The first-order valence-electron chi connectivity index (χ1n) is 0.837. The molecule has 1 N–H and O–H groups in total. The van der Waals surface area contributed by atoms with E-state index in [-0.39, 0.29) is 0 Å². The van der Waals surface area contributed by atoms with Gasteiger partial charge in [-0.25, -0.2) is 0 Å². The standard InChI is InChI=1S/ClHO4S/c1-5-6(2,3)4/h(H,2,3,4). The second kappa shape index (κ2) is 1.74. The van der Waals surface area contributed by atoms with Gasteiger partial charge in [0.2, 0.25) is 0 Å². The van der Waals surface area contributed by atoms with Crippen molar-refractivity contribution in [2.75, 3.05) is 0 Å². The first-order valence-corrected chi connectivity index (χ1v) is 2.51. The van der Waals surface area contributed by atoms with E-state index in [1.807, 2.05) is 0 Å². The van der Waals surface area contributed by atoms with Crippen molar-refractivity contribution in [1.82, 2.24) is 0 Å². The molecule has 0 aromatic carbocycles. The van der Waals surface area contributed by atoms with E-state index in [1.165, 1.54) is 0 Å². The highest BCUT2D eigenvalue weighted by molar-refractivity contribution is 7.81. The molecule has 0 aliphatic rings. The molecule has 6 heteroatoms. The number of rotatable bonds is 1. The minimum absolute atomic E-state index is 2.94. The fraction of sp³-hybridized carbons (Fsp3) is 0. The zero-order chi connectivity index (χ0) is 5.21. The second-order valence-electron chi connectivity index (χ2n) is 0.491. The summed E-state index contributed by atoms with van der Waals surface area (Å²) >= 11 is 4.14. The molecule has 4 nitrogen and oxygen atoms in total. The van der Waals surface area contributed by atoms with E-state index in [9.17, 15) is 8.42 Å². The molecule has 0 aliphatic heterocycles. The lowest BCUT2D eigenvalue weighted by atomic mass is 15.8. The molecule has 0 rings (SSSR count). The van der Waals surface area contributed by atoms with Crippen LogP contribution in [0, 0.1) is 0 Å².